The van der Waals surface area contributed by atoms with E-state index in [2.05, 4.69) is 25.5 Å². The Bertz CT molecular complexity index is 1020. The van der Waals surface area contributed by atoms with Gasteiger partial charge < -0.3 is 15.2 Å². The van der Waals surface area contributed by atoms with E-state index in [0.717, 1.165) is 0 Å². The van der Waals surface area contributed by atoms with Crippen molar-refractivity contribution in [1.29, 1.82) is 0 Å². The Morgan fingerprint density at radius 3 is 2.53 bits per heavy atom. The second-order valence-corrected chi connectivity index (χ2v) is 7.30. The van der Waals surface area contributed by atoms with Gasteiger partial charge in [0.25, 0.3) is 0 Å². The first-order valence-corrected chi connectivity index (χ1v) is 9.54. The molecule has 0 aliphatic rings. The minimum Gasteiger partial charge on any atom is -0.497 e. The quantitative estimate of drug-likeness (QED) is 0.520. The largest absolute Gasteiger partial charge is 0.497 e. The topological polar surface area (TPSA) is 113 Å². The van der Waals surface area contributed by atoms with Gasteiger partial charge in [-0.15, -0.1) is 11.3 Å². The third-order valence-corrected chi connectivity index (χ3v) is 5.30. The van der Waals surface area contributed by atoms with E-state index in [9.17, 15) is 23.1 Å². The Morgan fingerprint density at radius 2 is 1.97 bits per heavy atom. The lowest BCUT2D eigenvalue weighted by atomic mass is 9.99. The van der Waals surface area contributed by atoms with E-state index >= 15 is 0 Å². The summed E-state index contributed by atoms with van der Waals surface area (Å²) in [7, 11) is 1.54. The summed E-state index contributed by atoms with van der Waals surface area (Å²) in [6, 6.07) is 6.94. The predicted molar refractivity (Wildman–Crippen MR) is 102 cm³/mol. The van der Waals surface area contributed by atoms with Gasteiger partial charge in [0.15, 0.2) is 5.82 Å². The van der Waals surface area contributed by atoms with E-state index in [1.54, 1.807) is 24.3 Å². The molecule has 12 heteroatoms. The van der Waals surface area contributed by atoms with Crippen LogP contribution in [-0.4, -0.2) is 44.5 Å². The van der Waals surface area contributed by atoms with Crippen LogP contribution in [0.15, 0.2) is 29.6 Å². The number of methoxy groups -OCH3 is 1. The summed E-state index contributed by atoms with van der Waals surface area (Å²) in [6.45, 7) is 1.31. The zero-order valence-electron chi connectivity index (χ0n) is 15.9. The number of hydrogen-bond acceptors (Lipinski definition) is 7. The van der Waals surface area contributed by atoms with Gasteiger partial charge in [0.05, 0.1) is 20.1 Å². The van der Waals surface area contributed by atoms with Gasteiger partial charge >= 0.3 is 6.18 Å². The van der Waals surface area contributed by atoms with E-state index < -0.39 is 29.1 Å². The Labute approximate surface area is 173 Å². The molecule has 0 spiro atoms. The molecule has 0 fully saturated rings. The van der Waals surface area contributed by atoms with Crippen molar-refractivity contribution in [3.8, 4) is 17.1 Å². The summed E-state index contributed by atoms with van der Waals surface area (Å²) >= 11 is 0.645. The average molecular weight is 441 g/mol. The standard InChI is InChI=1S/C18H18F3N5O3S/c1-10-9-30-16(23-10)17(28,18(19,20)21)7-14(27)22-8-13-24-15(26-25-13)11-3-5-12(29-2)6-4-11/h3-6,9,28H,7-8H2,1-2H3,(H,22,27)(H,24,25,26). The number of nitrogens with one attached hydrogen (secondary N) is 2. The minimum atomic E-state index is -5.07. The van der Waals surface area contributed by atoms with Gasteiger partial charge in [0.2, 0.25) is 11.5 Å². The van der Waals surface area contributed by atoms with Gasteiger partial charge in [-0.05, 0) is 31.2 Å². The molecule has 0 aliphatic heterocycles. The monoisotopic (exact) mass is 441 g/mol. The molecule has 3 rings (SSSR count). The van der Waals surface area contributed by atoms with Gasteiger partial charge in [-0.2, -0.15) is 18.3 Å². The Balaban J connectivity index is 1.65. The van der Waals surface area contributed by atoms with Gasteiger partial charge in [-0.3, -0.25) is 9.89 Å². The Hall–Kier alpha value is -2.99. The van der Waals surface area contributed by atoms with Crippen LogP contribution >= 0.6 is 11.3 Å². The SMILES string of the molecule is COc1ccc(-c2n[nH]c(CNC(=O)CC(O)(c3nc(C)cs3)C(F)(F)F)n2)cc1. The summed E-state index contributed by atoms with van der Waals surface area (Å²) in [5, 5.41) is 19.9. The number of aromatic amines is 1. The van der Waals surface area contributed by atoms with Crippen molar-refractivity contribution in [2.24, 2.45) is 0 Å². The third-order valence-electron chi connectivity index (χ3n) is 4.19. The van der Waals surface area contributed by atoms with Crippen molar-refractivity contribution in [2.45, 2.75) is 31.7 Å². The number of aliphatic hydroxyl groups is 1. The first-order chi connectivity index (χ1) is 14.1. The molecule has 2 aromatic heterocycles. The van der Waals surface area contributed by atoms with E-state index in [4.69, 9.17) is 4.74 Å². The highest BCUT2D eigenvalue weighted by Crippen LogP contribution is 2.42. The van der Waals surface area contributed by atoms with E-state index in [1.165, 1.54) is 19.4 Å². The van der Waals surface area contributed by atoms with Crippen molar-refractivity contribution >= 4 is 17.2 Å². The number of ether oxygens (including phenoxy) is 1. The smallest absolute Gasteiger partial charge is 0.424 e. The van der Waals surface area contributed by atoms with Gasteiger partial charge in [0, 0.05) is 16.6 Å². The molecule has 8 nitrogen and oxygen atoms in total. The molecule has 0 radical (unpaired) electrons. The second-order valence-electron chi connectivity index (χ2n) is 6.44. The number of halogens is 3. The number of carbonyl (C=O) groups excluding carboxylic acids is 1. The van der Waals surface area contributed by atoms with Crippen LogP contribution in [0.3, 0.4) is 0 Å². The highest BCUT2D eigenvalue weighted by Gasteiger charge is 2.58. The van der Waals surface area contributed by atoms with Crippen LogP contribution in [0.25, 0.3) is 11.4 Å². The van der Waals surface area contributed by atoms with Crippen LogP contribution in [0.5, 0.6) is 5.75 Å². The van der Waals surface area contributed by atoms with Crippen molar-refractivity contribution < 1.29 is 27.8 Å². The molecule has 0 saturated carbocycles. The molecular weight excluding hydrogens is 423 g/mol. The molecule has 2 heterocycles. The predicted octanol–water partition coefficient (Wildman–Crippen LogP) is 2.70. The first-order valence-electron chi connectivity index (χ1n) is 8.66. The van der Waals surface area contributed by atoms with Crippen LogP contribution in [0.4, 0.5) is 13.2 Å². The second kappa shape index (κ2) is 8.40. The number of carbonyl (C=O) groups is 1. The lowest BCUT2D eigenvalue weighted by Gasteiger charge is -2.27. The maximum absolute atomic E-state index is 13.5. The van der Waals surface area contributed by atoms with Gasteiger partial charge in [-0.1, -0.05) is 0 Å². The lowest BCUT2D eigenvalue weighted by Crippen LogP contribution is -2.46. The van der Waals surface area contributed by atoms with Gasteiger partial charge in [0.1, 0.15) is 16.6 Å². The maximum atomic E-state index is 13.5. The first kappa shape index (κ1) is 21.7. The van der Waals surface area contributed by atoms with Crippen LogP contribution in [0.2, 0.25) is 0 Å². The number of aromatic nitrogens is 4. The fraction of sp³-hybridized carbons (Fsp3) is 0.333. The number of rotatable bonds is 7. The number of alkyl halides is 3. The Kier molecular flexibility index (Phi) is 6.08. The fourth-order valence-electron chi connectivity index (χ4n) is 2.56. The van der Waals surface area contributed by atoms with Crippen LogP contribution in [0.1, 0.15) is 22.9 Å². The summed E-state index contributed by atoms with van der Waals surface area (Å²) < 4.78 is 45.5. The maximum Gasteiger partial charge on any atom is 0.424 e. The van der Waals surface area contributed by atoms with Crippen molar-refractivity contribution in [2.75, 3.05) is 7.11 Å². The molecule has 1 atom stereocenters. The number of benzene rings is 1. The molecule has 1 aromatic carbocycles. The molecule has 0 bridgehead atoms. The minimum absolute atomic E-state index is 0.188. The van der Waals surface area contributed by atoms with E-state index in [1.807, 2.05) is 0 Å². The Morgan fingerprint density at radius 1 is 1.27 bits per heavy atom. The molecule has 30 heavy (non-hydrogen) atoms. The molecule has 1 unspecified atom stereocenters. The third kappa shape index (κ3) is 4.60. The number of thiazole rings is 1. The molecule has 160 valence electrons. The van der Waals surface area contributed by atoms with Crippen LogP contribution < -0.4 is 10.1 Å². The highest BCUT2D eigenvalue weighted by molar-refractivity contribution is 7.09. The van der Waals surface area contributed by atoms with Gasteiger partial charge in [-0.25, -0.2) is 9.97 Å². The highest BCUT2D eigenvalue weighted by atomic mass is 32.1. The summed E-state index contributed by atoms with van der Waals surface area (Å²) in [5.74, 6) is 0.251. The van der Waals surface area contributed by atoms with E-state index in [-0.39, 0.29) is 12.4 Å². The zero-order chi connectivity index (χ0) is 21.9. The number of hydrogen-bond donors (Lipinski definition) is 3. The molecule has 0 aliphatic carbocycles. The fourth-order valence-corrected chi connectivity index (χ4v) is 3.48. The van der Waals surface area contributed by atoms with Crippen LogP contribution in [0, 0.1) is 6.92 Å². The molecule has 1 amide bonds. The van der Waals surface area contributed by atoms with Crippen molar-refractivity contribution in [3.63, 3.8) is 0 Å². The van der Waals surface area contributed by atoms with Crippen LogP contribution in [-0.2, 0) is 16.9 Å². The molecular formula is C18H18F3N5O3S. The number of H-pyrrole nitrogens is 1. The average Bonchev–Trinajstić information content (AvgIpc) is 3.35. The molecule has 3 N–H and O–H groups in total. The number of nitrogens with zero attached hydrogens (tertiary/aromatic N) is 3. The summed E-state index contributed by atoms with van der Waals surface area (Å²) in [5.41, 5.74) is -2.35. The van der Waals surface area contributed by atoms with E-state index in [0.29, 0.717) is 34.2 Å². The summed E-state index contributed by atoms with van der Waals surface area (Å²) in [4.78, 5) is 20.0. The van der Waals surface area contributed by atoms with Crippen molar-refractivity contribution in [3.05, 3.63) is 46.2 Å². The van der Waals surface area contributed by atoms with Crippen molar-refractivity contribution in [1.82, 2.24) is 25.5 Å². The summed E-state index contributed by atoms with van der Waals surface area (Å²) in [6.07, 6.45) is -6.29. The molecule has 0 saturated heterocycles. The lowest BCUT2D eigenvalue weighted by molar-refractivity contribution is -0.267. The zero-order valence-corrected chi connectivity index (χ0v) is 16.8. The number of aryl methyl sites for hydroxylation is 1. The molecule has 3 aromatic rings. The number of amides is 1. The normalized spacial score (nSPS) is 13.7.